The number of rotatable bonds is 1. The normalized spacial score (nSPS) is 15.3. The van der Waals surface area contributed by atoms with Crippen LogP contribution in [0, 0.1) is 22.5 Å². The molecule has 132 valence electrons. The maximum absolute atomic E-state index is 12.2. The highest BCUT2D eigenvalue weighted by molar-refractivity contribution is 7.71. The van der Waals surface area contributed by atoms with E-state index in [1.54, 1.807) is 4.90 Å². The summed E-state index contributed by atoms with van der Waals surface area (Å²) >= 11 is 5.18. The third-order valence-electron chi connectivity index (χ3n) is 4.03. The summed E-state index contributed by atoms with van der Waals surface area (Å²) < 4.78 is 5.64. The maximum Gasteiger partial charge on any atom is 0.410 e. The number of carbonyl (C=O) groups is 1. The Morgan fingerprint density at radius 3 is 2.56 bits per heavy atom. The van der Waals surface area contributed by atoms with Gasteiger partial charge in [0.05, 0.1) is 12.1 Å². The van der Waals surface area contributed by atoms with E-state index in [0.29, 0.717) is 37.1 Å². The highest BCUT2D eigenvalue weighted by Gasteiger charge is 2.30. The number of anilines is 1. The summed E-state index contributed by atoms with van der Waals surface area (Å²) in [5, 5.41) is 9.44. The second-order valence-electron chi connectivity index (χ2n) is 6.97. The summed E-state index contributed by atoms with van der Waals surface area (Å²) in [7, 11) is 0. The van der Waals surface area contributed by atoms with Crippen molar-refractivity contribution in [3.8, 4) is 6.07 Å². The lowest BCUT2D eigenvalue weighted by atomic mass is 9.86. The fraction of sp³-hybridized carbons (Fsp3) is 0.529. The summed E-state index contributed by atoms with van der Waals surface area (Å²) in [6, 6.07) is 2.09. The molecule has 0 atom stereocenters. The Kier molecular flexibility index (Phi) is 5.34. The Morgan fingerprint density at radius 2 is 2.08 bits per heavy atom. The SMILES string of the molecule is [C-]#[N+]c1c(N)[nH]c(=S)c(C#N)c1C1CCN(C(=O)OC(C)(C)C)CC1. The number of amides is 1. The third-order valence-corrected chi connectivity index (χ3v) is 4.34. The molecule has 25 heavy (non-hydrogen) atoms. The molecule has 0 saturated carbocycles. The van der Waals surface area contributed by atoms with Crippen LogP contribution >= 0.6 is 12.2 Å². The van der Waals surface area contributed by atoms with Crippen molar-refractivity contribution in [1.82, 2.24) is 9.88 Å². The van der Waals surface area contributed by atoms with Gasteiger partial charge in [-0.2, -0.15) is 5.26 Å². The van der Waals surface area contributed by atoms with Gasteiger partial charge in [-0.15, -0.1) is 0 Å². The fourth-order valence-corrected chi connectivity index (χ4v) is 3.20. The first kappa shape index (κ1) is 18.8. The van der Waals surface area contributed by atoms with Crippen LogP contribution in [0.15, 0.2) is 0 Å². The number of piperidine rings is 1. The lowest BCUT2D eigenvalue weighted by molar-refractivity contribution is 0.0205. The molecule has 1 aliphatic rings. The molecule has 0 spiro atoms. The number of H-pyrrole nitrogens is 1. The van der Waals surface area contributed by atoms with Gasteiger partial charge in [-0.1, -0.05) is 12.2 Å². The minimum absolute atomic E-state index is 0.0453. The van der Waals surface area contributed by atoms with Crippen molar-refractivity contribution in [3.63, 3.8) is 0 Å². The van der Waals surface area contributed by atoms with Crippen molar-refractivity contribution in [3.05, 3.63) is 27.2 Å². The van der Waals surface area contributed by atoms with E-state index in [2.05, 4.69) is 15.9 Å². The molecule has 8 heteroatoms. The van der Waals surface area contributed by atoms with Gasteiger partial charge in [0.1, 0.15) is 22.1 Å². The quantitative estimate of drug-likeness (QED) is 0.586. The molecule has 1 saturated heterocycles. The Hall–Kier alpha value is -2.58. The van der Waals surface area contributed by atoms with Crippen molar-refractivity contribution in [2.45, 2.75) is 45.1 Å². The number of ether oxygens (including phenoxy) is 1. The smallest absolute Gasteiger partial charge is 0.410 e. The molecular weight excluding hydrogens is 338 g/mol. The largest absolute Gasteiger partial charge is 0.444 e. The monoisotopic (exact) mass is 359 g/mol. The Morgan fingerprint density at radius 1 is 1.48 bits per heavy atom. The number of hydrogen-bond donors (Lipinski definition) is 2. The molecule has 0 unspecified atom stereocenters. The summed E-state index contributed by atoms with van der Waals surface area (Å²) in [4.78, 5) is 20.0. The van der Waals surface area contributed by atoms with E-state index in [-0.39, 0.29) is 28.2 Å². The number of likely N-dealkylation sites (tertiary alicyclic amines) is 1. The molecule has 0 bridgehead atoms. The van der Waals surface area contributed by atoms with Crippen molar-refractivity contribution < 1.29 is 9.53 Å². The topological polar surface area (TPSA) is 99.5 Å². The Labute approximate surface area is 152 Å². The number of aromatic nitrogens is 1. The van der Waals surface area contributed by atoms with Crippen LogP contribution in [-0.4, -0.2) is 34.7 Å². The van der Waals surface area contributed by atoms with Crippen LogP contribution in [-0.2, 0) is 4.74 Å². The van der Waals surface area contributed by atoms with Crippen LogP contribution in [0.4, 0.5) is 16.3 Å². The molecule has 1 aromatic rings. The van der Waals surface area contributed by atoms with Crippen molar-refractivity contribution >= 4 is 29.8 Å². The average molecular weight is 359 g/mol. The second kappa shape index (κ2) is 7.12. The molecule has 2 heterocycles. The van der Waals surface area contributed by atoms with E-state index in [4.69, 9.17) is 29.3 Å². The van der Waals surface area contributed by atoms with Gasteiger partial charge in [0.15, 0.2) is 0 Å². The van der Waals surface area contributed by atoms with Gasteiger partial charge in [0.25, 0.3) is 0 Å². The molecule has 0 aromatic carbocycles. The molecule has 1 fully saturated rings. The molecule has 1 aromatic heterocycles. The predicted molar refractivity (Wildman–Crippen MR) is 96.8 cm³/mol. The van der Waals surface area contributed by atoms with E-state index in [1.807, 2.05) is 20.8 Å². The van der Waals surface area contributed by atoms with E-state index >= 15 is 0 Å². The number of nitrogen functional groups attached to an aromatic ring is 1. The van der Waals surface area contributed by atoms with E-state index in [1.165, 1.54) is 0 Å². The van der Waals surface area contributed by atoms with Crippen LogP contribution in [0.5, 0.6) is 0 Å². The number of carbonyl (C=O) groups excluding carboxylic acids is 1. The first-order chi connectivity index (χ1) is 11.7. The van der Waals surface area contributed by atoms with Gasteiger partial charge in [0, 0.05) is 13.1 Å². The van der Waals surface area contributed by atoms with Gasteiger partial charge in [-0.3, -0.25) is 0 Å². The van der Waals surface area contributed by atoms with Gasteiger partial charge >= 0.3 is 6.09 Å². The second-order valence-corrected chi connectivity index (χ2v) is 7.38. The number of nitrogens with two attached hydrogens (primary N) is 1. The van der Waals surface area contributed by atoms with Crippen molar-refractivity contribution in [2.24, 2.45) is 0 Å². The van der Waals surface area contributed by atoms with E-state index in [0.717, 1.165) is 0 Å². The maximum atomic E-state index is 12.2. The van der Waals surface area contributed by atoms with Crippen LogP contribution in [0.2, 0.25) is 0 Å². The average Bonchev–Trinajstić information content (AvgIpc) is 2.53. The zero-order valence-electron chi connectivity index (χ0n) is 14.5. The van der Waals surface area contributed by atoms with Crippen LogP contribution in [0.25, 0.3) is 4.85 Å². The van der Waals surface area contributed by atoms with Gasteiger partial charge in [0.2, 0.25) is 5.69 Å². The van der Waals surface area contributed by atoms with Gasteiger partial charge in [-0.05, 0) is 45.1 Å². The molecule has 1 amide bonds. The summed E-state index contributed by atoms with van der Waals surface area (Å²) in [6.45, 7) is 13.9. The van der Waals surface area contributed by atoms with Gasteiger partial charge < -0.3 is 20.4 Å². The summed E-state index contributed by atoms with van der Waals surface area (Å²) in [5.74, 6) is 0.139. The molecule has 2 rings (SSSR count). The minimum atomic E-state index is -0.542. The summed E-state index contributed by atoms with van der Waals surface area (Å²) in [5.41, 5.74) is 6.48. The molecule has 0 radical (unpaired) electrons. The Bertz CT molecular complexity index is 818. The van der Waals surface area contributed by atoms with Crippen molar-refractivity contribution in [2.75, 3.05) is 18.8 Å². The molecule has 7 nitrogen and oxygen atoms in total. The van der Waals surface area contributed by atoms with Crippen LogP contribution in [0.3, 0.4) is 0 Å². The molecule has 3 N–H and O–H groups in total. The molecule has 0 aliphatic carbocycles. The minimum Gasteiger partial charge on any atom is -0.444 e. The molecule has 1 aliphatic heterocycles. The number of hydrogen-bond acceptors (Lipinski definition) is 5. The predicted octanol–water partition coefficient (Wildman–Crippen LogP) is 3.86. The highest BCUT2D eigenvalue weighted by Crippen LogP contribution is 2.39. The third kappa shape index (κ3) is 4.09. The standard InChI is InChI=1S/C17H21N5O2S/c1-17(2,3)24-16(23)22-7-5-10(6-8-22)12-11(9-18)15(25)21-14(19)13(12)20-4/h10H,5-8H2,1-3H3,(H3,19,21,25). The lowest BCUT2D eigenvalue weighted by Crippen LogP contribution is -2.41. The highest BCUT2D eigenvalue weighted by atomic mass is 32.1. The van der Waals surface area contributed by atoms with Crippen LogP contribution in [0.1, 0.15) is 50.7 Å². The first-order valence-electron chi connectivity index (χ1n) is 7.99. The number of nitrogens with one attached hydrogen (secondary N) is 1. The number of aromatic amines is 1. The van der Waals surface area contributed by atoms with E-state index in [9.17, 15) is 10.1 Å². The molecular formula is C17H21N5O2S. The zero-order chi connectivity index (χ0) is 18.8. The zero-order valence-corrected chi connectivity index (χ0v) is 15.4. The summed E-state index contributed by atoms with van der Waals surface area (Å²) in [6.07, 6.45) is 0.894. The fourth-order valence-electron chi connectivity index (χ4n) is 2.94. The number of nitrogens with zero attached hydrogens (tertiary/aromatic N) is 3. The lowest BCUT2D eigenvalue weighted by Gasteiger charge is -2.34. The number of pyridine rings is 1. The first-order valence-corrected chi connectivity index (χ1v) is 8.40. The Balaban J connectivity index is 2.25. The van der Waals surface area contributed by atoms with Crippen molar-refractivity contribution in [1.29, 1.82) is 5.26 Å². The van der Waals surface area contributed by atoms with Gasteiger partial charge in [-0.25, -0.2) is 9.64 Å². The number of nitriles is 1. The van der Waals surface area contributed by atoms with Crippen LogP contribution < -0.4 is 5.73 Å². The van der Waals surface area contributed by atoms with E-state index < -0.39 is 5.60 Å².